The highest BCUT2D eigenvalue weighted by Gasteiger charge is 2.35. The molecule has 0 aromatic heterocycles. The number of hydrogen-bond donors (Lipinski definition) is 2. The van der Waals surface area contributed by atoms with Crippen molar-refractivity contribution in [3.63, 3.8) is 0 Å². The summed E-state index contributed by atoms with van der Waals surface area (Å²) in [6.45, 7) is 3.14. The van der Waals surface area contributed by atoms with Crippen molar-refractivity contribution in [2.45, 2.75) is 19.4 Å². The van der Waals surface area contributed by atoms with Crippen LogP contribution in [0.1, 0.15) is 24.1 Å². The molecule has 2 aromatic rings. The molecule has 0 spiro atoms. The van der Waals surface area contributed by atoms with Crippen LogP contribution in [0.4, 0.5) is 0 Å². The number of hydrogen-bond acceptors (Lipinski definition) is 4. The van der Waals surface area contributed by atoms with Crippen LogP contribution in [0.3, 0.4) is 0 Å². The molecule has 2 heterocycles. The Kier molecular flexibility index (Phi) is 4.04. The predicted molar refractivity (Wildman–Crippen MR) is 99.3 cm³/mol. The number of fused-ring (bicyclic) bond motifs is 4. The fourth-order valence-electron chi connectivity index (χ4n) is 4.34. The Bertz CT molecular complexity index is 996. The van der Waals surface area contributed by atoms with Gasteiger partial charge >= 0.3 is 0 Å². The van der Waals surface area contributed by atoms with Gasteiger partial charge in [-0.15, -0.1) is 0 Å². The molecule has 0 fully saturated rings. The van der Waals surface area contributed by atoms with Gasteiger partial charge in [-0.2, -0.15) is 0 Å². The highest BCUT2D eigenvalue weighted by atomic mass is 16.5. The third kappa shape index (κ3) is 2.35. The van der Waals surface area contributed by atoms with Crippen LogP contribution >= 0.6 is 0 Å². The number of phenolic OH excluding ortho intramolecular Hbond substituents is 1. The molecule has 136 valence electrons. The van der Waals surface area contributed by atoms with Crippen LogP contribution in [-0.4, -0.2) is 33.0 Å². The molecule has 0 saturated heterocycles. The van der Waals surface area contributed by atoms with E-state index < -0.39 is 0 Å². The molecule has 2 atom stereocenters. The summed E-state index contributed by atoms with van der Waals surface area (Å²) in [5.41, 5.74) is 3.69. The van der Waals surface area contributed by atoms with Gasteiger partial charge in [-0.3, -0.25) is 4.90 Å². The van der Waals surface area contributed by atoms with E-state index in [2.05, 4.69) is 19.2 Å². The molecule has 0 bridgehead atoms. The van der Waals surface area contributed by atoms with E-state index in [1.807, 2.05) is 18.2 Å². The number of benzene rings is 2. The van der Waals surface area contributed by atoms with Crippen molar-refractivity contribution in [1.82, 2.24) is 0 Å². The zero-order chi connectivity index (χ0) is 18.4. The fraction of sp³-hybridized carbons (Fsp3) is 0.333. The minimum absolute atomic E-state index is 0.207. The Balaban J connectivity index is 1.97. The molecule has 5 nitrogen and oxygen atoms in total. The van der Waals surface area contributed by atoms with Crippen molar-refractivity contribution in [2.24, 2.45) is 0 Å². The van der Waals surface area contributed by atoms with Crippen LogP contribution in [0, 0.1) is 0 Å². The lowest BCUT2D eigenvalue weighted by molar-refractivity contribution is -0.845. The Morgan fingerprint density at radius 3 is 2.50 bits per heavy atom. The summed E-state index contributed by atoms with van der Waals surface area (Å²) in [4.78, 5) is 1.36. The van der Waals surface area contributed by atoms with Crippen LogP contribution in [0.25, 0.3) is 11.8 Å². The third-order valence-corrected chi connectivity index (χ3v) is 5.58. The van der Waals surface area contributed by atoms with Crippen LogP contribution in [0.15, 0.2) is 24.3 Å². The second kappa shape index (κ2) is 6.25. The van der Waals surface area contributed by atoms with Crippen molar-refractivity contribution >= 4 is 11.8 Å². The second-order valence-electron chi connectivity index (χ2n) is 6.82. The lowest BCUT2D eigenvalue weighted by atomic mass is 9.85. The van der Waals surface area contributed by atoms with Gasteiger partial charge in [0, 0.05) is 12.0 Å². The minimum Gasteiger partial charge on any atom is -0.504 e. The number of methoxy groups -OCH3 is 3. The molecule has 2 N–H and O–H groups in total. The topological polar surface area (TPSA) is 52.4 Å². The summed E-state index contributed by atoms with van der Waals surface area (Å²) in [7, 11) is 4.93. The maximum Gasteiger partial charge on any atom is 0.173 e. The van der Waals surface area contributed by atoms with Crippen LogP contribution in [0.2, 0.25) is 0 Å². The number of ether oxygens (including phenoxy) is 3. The molecule has 5 heteroatoms. The third-order valence-electron chi connectivity index (χ3n) is 5.58. The summed E-state index contributed by atoms with van der Waals surface area (Å²) in [5, 5.41) is 12.4. The number of nitrogens with one attached hydrogen (secondary N) is 1. The number of rotatable bonds is 3. The van der Waals surface area contributed by atoms with E-state index >= 15 is 0 Å². The van der Waals surface area contributed by atoms with Gasteiger partial charge < -0.3 is 19.3 Å². The van der Waals surface area contributed by atoms with Gasteiger partial charge in [0.15, 0.2) is 23.0 Å². The summed E-state index contributed by atoms with van der Waals surface area (Å²) in [6.07, 6.45) is 3.15. The largest absolute Gasteiger partial charge is 0.504 e. The second-order valence-corrected chi connectivity index (χ2v) is 6.82. The molecule has 0 radical (unpaired) electrons. The van der Waals surface area contributed by atoms with Crippen LogP contribution < -0.4 is 29.5 Å². The molecule has 0 saturated carbocycles. The molecule has 0 amide bonds. The highest BCUT2D eigenvalue weighted by molar-refractivity contribution is 5.61. The van der Waals surface area contributed by atoms with Crippen molar-refractivity contribution in [3.05, 3.63) is 45.8 Å². The monoisotopic (exact) mass is 354 g/mol. The summed E-state index contributed by atoms with van der Waals surface area (Å²) in [5.74, 6) is 2.26. The van der Waals surface area contributed by atoms with Crippen molar-refractivity contribution < 1.29 is 24.2 Å². The van der Waals surface area contributed by atoms with Crippen LogP contribution in [0.5, 0.6) is 23.0 Å². The first-order chi connectivity index (χ1) is 12.6. The van der Waals surface area contributed by atoms with Gasteiger partial charge in [0.25, 0.3) is 0 Å². The lowest BCUT2D eigenvalue weighted by Gasteiger charge is -2.35. The molecule has 26 heavy (non-hydrogen) atoms. The summed E-state index contributed by atoms with van der Waals surface area (Å²) >= 11 is 0. The maximum absolute atomic E-state index is 10.1. The molecule has 2 aromatic carbocycles. The van der Waals surface area contributed by atoms with E-state index in [1.165, 1.54) is 26.8 Å². The Morgan fingerprint density at radius 2 is 1.81 bits per heavy atom. The number of aromatic hydroxyl groups is 1. The molecule has 2 unspecified atom stereocenters. The summed E-state index contributed by atoms with van der Waals surface area (Å²) in [6, 6.07) is 8.10. The van der Waals surface area contributed by atoms with E-state index in [0.29, 0.717) is 5.75 Å². The van der Waals surface area contributed by atoms with Gasteiger partial charge in [0.2, 0.25) is 0 Å². The average Bonchev–Trinajstić information content (AvgIpc) is 2.66. The standard InChI is InChI=1S/C21H23NO4/c1-12-14-5-6-18(24-2)21(26-4)16(14)11-22-8-7-13-9-17(23)19(25-3)10-15(13)20(12)22/h5-6,9-11,20,23H,7-8H2,1-4H3/p+1. The quantitative estimate of drug-likeness (QED) is 0.844. The maximum atomic E-state index is 10.1. The highest BCUT2D eigenvalue weighted by Crippen LogP contribution is 2.36. The normalized spacial score (nSPS) is 20.4. The van der Waals surface area contributed by atoms with Gasteiger partial charge in [-0.1, -0.05) is 6.07 Å². The Hall–Kier alpha value is -2.66. The van der Waals surface area contributed by atoms with E-state index in [4.69, 9.17) is 14.2 Å². The molecule has 2 aliphatic heterocycles. The molecule has 2 aliphatic rings. The smallest absolute Gasteiger partial charge is 0.173 e. The van der Waals surface area contributed by atoms with Gasteiger partial charge in [0.1, 0.15) is 12.2 Å². The van der Waals surface area contributed by atoms with E-state index in [0.717, 1.165) is 29.7 Å². The molecular weight excluding hydrogens is 330 g/mol. The Morgan fingerprint density at radius 1 is 1.04 bits per heavy atom. The zero-order valence-corrected chi connectivity index (χ0v) is 15.6. The van der Waals surface area contributed by atoms with E-state index in [-0.39, 0.29) is 11.8 Å². The summed E-state index contributed by atoms with van der Waals surface area (Å²) < 4.78 is 16.5. The minimum atomic E-state index is 0.207. The fourth-order valence-corrected chi connectivity index (χ4v) is 4.34. The zero-order valence-electron chi connectivity index (χ0n) is 15.6. The first kappa shape index (κ1) is 16.8. The van der Waals surface area contributed by atoms with Gasteiger partial charge in [-0.05, 0) is 41.5 Å². The molecular formula is C21H24NO4+. The first-order valence-corrected chi connectivity index (χ1v) is 8.78. The van der Waals surface area contributed by atoms with Crippen molar-refractivity contribution in [2.75, 3.05) is 27.9 Å². The van der Waals surface area contributed by atoms with E-state index in [1.54, 1.807) is 21.3 Å². The predicted octanol–water partition coefficient (Wildman–Crippen LogP) is 0.523. The van der Waals surface area contributed by atoms with Crippen LogP contribution in [-0.2, 0) is 6.42 Å². The van der Waals surface area contributed by atoms with Gasteiger partial charge in [-0.25, -0.2) is 0 Å². The Labute approximate surface area is 152 Å². The SMILES string of the molecule is COc1cc2c(cc1O)CC[NH+]1C=c3c(OC)c(OC)ccc3=C(C)C21. The molecule has 0 aliphatic carbocycles. The van der Waals surface area contributed by atoms with Crippen molar-refractivity contribution in [1.29, 1.82) is 0 Å². The molecule has 4 rings (SSSR count). The number of phenols is 1. The first-order valence-electron chi connectivity index (χ1n) is 8.78. The van der Waals surface area contributed by atoms with E-state index in [9.17, 15) is 5.11 Å². The lowest BCUT2D eigenvalue weighted by Crippen LogP contribution is -3.10. The van der Waals surface area contributed by atoms with Crippen molar-refractivity contribution in [3.8, 4) is 23.0 Å². The average molecular weight is 354 g/mol. The number of quaternary nitrogens is 1. The van der Waals surface area contributed by atoms with Gasteiger partial charge in [0.05, 0.1) is 33.1 Å².